The fourth-order valence-corrected chi connectivity index (χ4v) is 4.53. The van der Waals surface area contributed by atoms with Gasteiger partial charge in [0, 0.05) is 38.7 Å². The van der Waals surface area contributed by atoms with Crippen molar-refractivity contribution in [1.82, 2.24) is 14.1 Å². The van der Waals surface area contributed by atoms with E-state index in [4.69, 9.17) is 4.98 Å². The Balaban J connectivity index is 1.85. The Morgan fingerprint density at radius 2 is 1.69 bits per heavy atom. The van der Waals surface area contributed by atoms with Crippen molar-refractivity contribution in [2.24, 2.45) is 7.05 Å². The average molecular weight is 509 g/mol. The summed E-state index contributed by atoms with van der Waals surface area (Å²) in [6.45, 7) is 0. The molecule has 0 spiro atoms. The standard InChI is InChI=1S/C23H15Br2N3O/c1-27-13-17(16-12-14(24)10-11-20(16)27)22-26-19-8-4-5-9-21(19)28(22)23(29)15-6-2-3-7-18(15)25/h2-13H,1H3. The largest absolute Gasteiger partial charge is 0.350 e. The van der Waals surface area contributed by atoms with Crippen LogP contribution in [0.25, 0.3) is 33.3 Å². The molecule has 6 heteroatoms. The molecule has 0 radical (unpaired) electrons. The number of para-hydroxylation sites is 2. The van der Waals surface area contributed by atoms with Gasteiger partial charge >= 0.3 is 0 Å². The molecule has 0 saturated heterocycles. The maximum Gasteiger partial charge on any atom is 0.265 e. The number of benzene rings is 3. The second kappa shape index (κ2) is 6.97. The molecule has 0 aliphatic heterocycles. The summed E-state index contributed by atoms with van der Waals surface area (Å²) < 4.78 is 5.51. The van der Waals surface area contributed by atoms with Crippen LogP contribution in [-0.4, -0.2) is 20.0 Å². The minimum Gasteiger partial charge on any atom is -0.350 e. The van der Waals surface area contributed by atoms with E-state index in [1.807, 2.05) is 67.8 Å². The second-order valence-electron chi connectivity index (χ2n) is 6.86. The number of hydrogen-bond donors (Lipinski definition) is 0. The lowest BCUT2D eigenvalue weighted by Crippen LogP contribution is -2.14. The van der Waals surface area contributed by atoms with Gasteiger partial charge < -0.3 is 4.57 Å². The summed E-state index contributed by atoms with van der Waals surface area (Å²) in [4.78, 5) is 18.5. The first-order valence-electron chi connectivity index (χ1n) is 9.06. The average Bonchev–Trinajstić information content (AvgIpc) is 3.25. The minimum atomic E-state index is -0.117. The third kappa shape index (κ3) is 2.94. The molecule has 2 aromatic heterocycles. The van der Waals surface area contributed by atoms with Gasteiger partial charge in [0.15, 0.2) is 0 Å². The maximum absolute atomic E-state index is 13.6. The molecule has 0 aliphatic rings. The van der Waals surface area contributed by atoms with Crippen molar-refractivity contribution in [3.05, 3.63) is 87.4 Å². The molecule has 0 atom stereocenters. The lowest BCUT2D eigenvalue weighted by Gasteiger charge is -2.09. The number of rotatable bonds is 2. The van der Waals surface area contributed by atoms with Crippen LogP contribution in [0.1, 0.15) is 10.4 Å². The van der Waals surface area contributed by atoms with Crippen LogP contribution in [0.4, 0.5) is 0 Å². The Morgan fingerprint density at radius 1 is 0.931 bits per heavy atom. The van der Waals surface area contributed by atoms with Gasteiger partial charge in [0.05, 0.1) is 16.6 Å². The van der Waals surface area contributed by atoms with Crippen molar-refractivity contribution < 1.29 is 4.79 Å². The van der Waals surface area contributed by atoms with Gasteiger partial charge in [-0.1, -0.05) is 40.2 Å². The van der Waals surface area contributed by atoms with Crippen molar-refractivity contribution in [2.45, 2.75) is 0 Å². The highest BCUT2D eigenvalue weighted by atomic mass is 79.9. The smallest absolute Gasteiger partial charge is 0.265 e. The number of carbonyl (C=O) groups is 1. The number of carbonyl (C=O) groups excluding carboxylic acids is 1. The maximum atomic E-state index is 13.6. The topological polar surface area (TPSA) is 39.8 Å². The van der Waals surface area contributed by atoms with Gasteiger partial charge in [0.1, 0.15) is 5.82 Å². The SMILES string of the molecule is Cn1cc(-c2nc3ccccc3n2C(=O)c2ccccc2Br)c2cc(Br)ccc21. The van der Waals surface area contributed by atoms with Crippen LogP contribution >= 0.6 is 31.9 Å². The monoisotopic (exact) mass is 507 g/mol. The van der Waals surface area contributed by atoms with E-state index in [-0.39, 0.29) is 5.91 Å². The van der Waals surface area contributed by atoms with Crippen molar-refractivity contribution in [1.29, 1.82) is 0 Å². The molecule has 0 bridgehead atoms. The van der Waals surface area contributed by atoms with E-state index in [9.17, 15) is 4.79 Å². The van der Waals surface area contributed by atoms with Crippen molar-refractivity contribution in [3.63, 3.8) is 0 Å². The summed E-state index contributed by atoms with van der Waals surface area (Å²) in [5, 5.41) is 1.04. The van der Waals surface area contributed by atoms with Crippen molar-refractivity contribution >= 4 is 59.7 Å². The first-order valence-corrected chi connectivity index (χ1v) is 10.6. The van der Waals surface area contributed by atoms with E-state index in [0.717, 1.165) is 36.4 Å². The molecule has 5 rings (SSSR count). The predicted octanol–water partition coefficient (Wildman–Crippen LogP) is 6.41. The van der Waals surface area contributed by atoms with Crippen LogP contribution in [0.5, 0.6) is 0 Å². The first-order chi connectivity index (χ1) is 14.0. The Morgan fingerprint density at radius 3 is 2.52 bits per heavy atom. The molecule has 0 unspecified atom stereocenters. The lowest BCUT2D eigenvalue weighted by atomic mass is 10.1. The summed E-state index contributed by atoms with van der Waals surface area (Å²) in [6, 6.07) is 21.3. The van der Waals surface area contributed by atoms with E-state index in [1.54, 1.807) is 4.57 Å². The van der Waals surface area contributed by atoms with Crippen LogP contribution in [0.2, 0.25) is 0 Å². The number of imidazole rings is 1. The number of aryl methyl sites for hydroxylation is 1. The van der Waals surface area contributed by atoms with Gasteiger partial charge in [-0.25, -0.2) is 4.98 Å². The van der Waals surface area contributed by atoms with Crippen LogP contribution in [0.3, 0.4) is 0 Å². The molecule has 4 nitrogen and oxygen atoms in total. The normalized spacial score (nSPS) is 11.4. The quantitative estimate of drug-likeness (QED) is 0.276. The molecule has 0 fully saturated rings. The fraction of sp³-hybridized carbons (Fsp3) is 0.0435. The molecule has 0 aliphatic carbocycles. The van der Waals surface area contributed by atoms with Crippen molar-refractivity contribution in [3.8, 4) is 11.4 Å². The zero-order valence-corrected chi connectivity index (χ0v) is 18.6. The van der Waals surface area contributed by atoms with Crippen LogP contribution in [0.15, 0.2) is 81.9 Å². The van der Waals surface area contributed by atoms with Crippen LogP contribution in [-0.2, 0) is 7.05 Å². The second-order valence-corrected chi connectivity index (χ2v) is 8.63. The first kappa shape index (κ1) is 18.3. The van der Waals surface area contributed by atoms with E-state index in [2.05, 4.69) is 48.6 Å². The van der Waals surface area contributed by atoms with Gasteiger partial charge in [-0.05, 0) is 58.4 Å². The van der Waals surface area contributed by atoms with Gasteiger partial charge in [-0.2, -0.15) is 0 Å². The molecule has 3 aromatic carbocycles. The highest BCUT2D eigenvalue weighted by molar-refractivity contribution is 9.10. The predicted molar refractivity (Wildman–Crippen MR) is 123 cm³/mol. The van der Waals surface area contributed by atoms with Gasteiger partial charge in [-0.15, -0.1) is 0 Å². The molecule has 0 saturated carbocycles. The Hall–Kier alpha value is -2.70. The fourth-order valence-electron chi connectivity index (χ4n) is 3.71. The van der Waals surface area contributed by atoms with Gasteiger partial charge in [-0.3, -0.25) is 9.36 Å². The molecular weight excluding hydrogens is 494 g/mol. The molecule has 5 aromatic rings. The number of fused-ring (bicyclic) bond motifs is 2. The number of hydrogen-bond acceptors (Lipinski definition) is 2. The molecule has 142 valence electrons. The molecule has 0 N–H and O–H groups in total. The number of halogens is 2. The highest BCUT2D eigenvalue weighted by Crippen LogP contribution is 2.34. The molecule has 29 heavy (non-hydrogen) atoms. The van der Waals surface area contributed by atoms with Gasteiger partial charge in [0.2, 0.25) is 0 Å². The third-order valence-electron chi connectivity index (χ3n) is 5.06. The minimum absolute atomic E-state index is 0.117. The van der Waals surface area contributed by atoms with Crippen molar-refractivity contribution in [2.75, 3.05) is 0 Å². The highest BCUT2D eigenvalue weighted by Gasteiger charge is 2.23. The molecule has 2 heterocycles. The third-order valence-corrected chi connectivity index (χ3v) is 6.25. The Kier molecular flexibility index (Phi) is 4.41. The zero-order chi connectivity index (χ0) is 20.1. The molecule has 0 amide bonds. The van der Waals surface area contributed by atoms with E-state index >= 15 is 0 Å². The summed E-state index contributed by atoms with van der Waals surface area (Å²) in [5.41, 5.74) is 4.17. The lowest BCUT2D eigenvalue weighted by molar-refractivity contribution is 0.0965. The van der Waals surface area contributed by atoms with E-state index < -0.39 is 0 Å². The van der Waals surface area contributed by atoms with E-state index in [0.29, 0.717) is 11.4 Å². The molecular formula is C23H15Br2N3O. The number of nitrogens with zero attached hydrogens (tertiary/aromatic N) is 3. The van der Waals surface area contributed by atoms with Crippen LogP contribution < -0.4 is 0 Å². The zero-order valence-electron chi connectivity index (χ0n) is 15.4. The summed E-state index contributed by atoms with van der Waals surface area (Å²) in [7, 11) is 2.00. The van der Waals surface area contributed by atoms with Gasteiger partial charge in [0.25, 0.3) is 5.91 Å². The number of aromatic nitrogens is 3. The Labute approximate surface area is 184 Å². The summed E-state index contributed by atoms with van der Waals surface area (Å²) in [5.74, 6) is 0.517. The van der Waals surface area contributed by atoms with E-state index in [1.165, 1.54) is 0 Å². The summed E-state index contributed by atoms with van der Waals surface area (Å²) in [6.07, 6.45) is 2.03. The summed E-state index contributed by atoms with van der Waals surface area (Å²) >= 11 is 7.08. The van der Waals surface area contributed by atoms with Crippen LogP contribution in [0, 0.1) is 0 Å². The Bertz CT molecular complexity index is 1410.